The molecule has 0 saturated carbocycles. The Morgan fingerprint density at radius 2 is 2.11 bits per heavy atom. The Morgan fingerprint density at radius 3 is 2.68 bits per heavy atom. The maximum Gasteiger partial charge on any atom is 0.573 e. The van der Waals surface area contributed by atoms with Gasteiger partial charge in [-0.25, -0.2) is 9.48 Å². The Bertz CT molecular complexity index is 609. The smallest absolute Gasteiger partial charge is 0.476 e. The van der Waals surface area contributed by atoms with Crippen LogP contribution in [0.1, 0.15) is 10.5 Å². The van der Waals surface area contributed by atoms with E-state index in [0.29, 0.717) is 0 Å². The molecule has 2 aromatic rings. The van der Waals surface area contributed by atoms with Gasteiger partial charge in [0.1, 0.15) is 5.75 Å². The van der Waals surface area contributed by atoms with Crippen LogP contribution in [0.4, 0.5) is 13.2 Å². The Labute approximate surface area is 104 Å². The second kappa shape index (κ2) is 4.59. The van der Waals surface area contributed by atoms with Crippen molar-refractivity contribution in [2.75, 3.05) is 0 Å². The molecule has 6 nitrogen and oxygen atoms in total. The number of rotatable bonds is 3. The molecule has 0 spiro atoms. The predicted molar refractivity (Wildman–Crippen MR) is 55.0 cm³/mol. The van der Waals surface area contributed by atoms with Crippen LogP contribution in [0.3, 0.4) is 0 Å². The first-order chi connectivity index (χ1) is 8.85. The standard InChI is InChI=1S/C10H6F3N3O3/c11-10(12,13)19-7-3-1-2-6(4-7)16-5-8(9(17)18)14-15-16/h1-5H,(H,17,18). The number of carboxylic acids is 1. The molecule has 0 atom stereocenters. The molecule has 0 unspecified atom stereocenters. The fourth-order valence-corrected chi connectivity index (χ4v) is 1.31. The second-order valence-corrected chi connectivity index (χ2v) is 3.40. The van der Waals surface area contributed by atoms with Gasteiger partial charge < -0.3 is 9.84 Å². The Balaban J connectivity index is 2.29. The largest absolute Gasteiger partial charge is 0.573 e. The molecule has 0 fully saturated rings. The zero-order chi connectivity index (χ0) is 14.0. The molecule has 0 amide bonds. The van der Waals surface area contributed by atoms with Crippen LogP contribution >= 0.6 is 0 Å². The first kappa shape index (κ1) is 12.9. The van der Waals surface area contributed by atoms with Crippen LogP contribution in [0.25, 0.3) is 5.69 Å². The minimum atomic E-state index is -4.80. The lowest BCUT2D eigenvalue weighted by Gasteiger charge is -2.09. The highest BCUT2D eigenvalue weighted by Crippen LogP contribution is 2.24. The average molecular weight is 273 g/mol. The summed E-state index contributed by atoms with van der Waals surface area (Å²) in [7, 11) is 0. The quantitative estimate of drug-likeness (QED) is 0.923. The van der Waals surface area contributed by atoms with Crippen molar-refractivity contribution in [1.29, 1.82) is 0 Å². The van der Waals surface area contributed by atoms with E-state index in [9.17, 15) is 18.0 Å². The summed E-state index contributed by atoms with van der Waals surface area (Å²) < 4.78 is 40.9. The molecule has 9 heteroatoms. The number of hydrogen-bond acceptors (Lipinski definition) is 4. The highest BCUT2D eigenvalue weighted by atomic mass is 19.4. The van der Waals surface area contributed by atoms with Crippen LogP contribution in [0.5, 0.6) is 5.75 Å². The predicted octanol–water partition coefficient (Wildman–Crippen LogP) is 1.86. The third-order valence-electron chi connectivity index (χ3n) is 2.03. The molecule has 100 valence electrons. The number of ether oxygens (including phenoxy) is 1. The van der Waals surface area contributed by atoms with Gasteiger partial charge in [0.2, 0.25) is 0 Å². The zero-order valence-corrected chi connectivity index (χ0v) is 9.13. The van der Waals surface area contributed by atoms with Crippen LogP contribution in [0, 0.1) is 0 Å². The Kier molecular flexibility index (Phi) is 3.11. The summed E-state index contributed by atoms with van der Waals surface area (Å²) in [5, 5.41) is 15.5. The first-order valence-corrected chi connectivity index (χ1v) is 4.87. The number of aromatic carboxylic acids is 1. The minimum absolute atomic E-state index is 0.196. The van der Waals surface area contributed by atoms with E-state index < -0.39 is 18.1 Å². The fraction of sp³-hybridized carbons (Fsp3) is 0.100. The van der Waals surface area contributed by atoms with E-state index in [-0.39, 0.29) is 11.4 Å². The molecule has 0 saturated heterocycles. The molecule has 0 aliphatic rings. The van der Waals surface area contributed by atoms with E-state index in [2.05, 4.69) is 15.0 Å². The average Bonchev–Trinajstić information content (AvgIpc) is 2.76. The van der Waals surface area contributed by atoms with Gasteiger partial charge in [-0.2, -0.15) is 0 Å². The highest BCUT2D eigenvalue weighted by molar-refractivity contribution is 5.84. The maximum absolute atomic E-state index is 12.1. The van der Waals surface area contributed by atoms with Gasteiger partial charge >= 0.3 is 12.3 Å². The van der Waals surface area contributed by atoms with Crippen molar-refractivity contribution in [3.63, 3.8) is 0 Å². The molecule has 2 rings (SSSR count). The monoisotopic (exact) mass is 273 g/mol. The van der Waals surface area contributed by atoms with Crippen molar-refractivity contribution < 1.29 is 27.8 Å². The van der Waals surface area contributed by atoms with E-state index in [4.69, 9.17) is 5.11 Å². The van der Waals surface area contributed by atoms with E-state index in [1.165, 1.54) is 12.1 Å². The highest BCUT2D eigenvalue weighted by Gasteiger charge is 2.31. The summed E-state index contributed by atoms with van der Waals surface area (Å²) in [5.41, 5.74) is -0.121. The van der Waals surface area contributed by atoms with Gasteiger partial charge in [0, 0.05) is 6.07 Å². The van der Waals surface area contributed by atoms with Crippen LogP contribution in [-0.4, -0.2) is 32.4 Å². The molecule has 1 aromatic heterocycles. The van der Waals surface area contributed by atoms with Crippen molar-refractivity contribution >= 4 is 5.97 Å². The van der Waals surface area contributed by atoms with Crippen molar-refractivity contribution in [3.8, 4) is 11.4 Å². The molecule has 19 heavy (non-hydrogen) atoms. The molecule has 0 aliphatic heterocycles. The second-order valence-electron chi connectivity index (χ2n) is 3.40. The lowest BCUT2D eigenvalue weighted by molar-refractivity contribution is -0.274. The summed E-state index contributed by atoms with van der Waals surface area (Å²) in [6.07, 6.45) is -3.72. The molecular formula is C10H6F3N3O3. The third-order valence-corrected chi connectivity index (χ3v) is 2.03. The number of hydrogen-bond donors (Lipinski definition) is 1. The van der Waals surface area contributed by atoms with Gasteiger partial charge in [0.05, 0.1) is 11.9 Å². The van der Waals surface area contributed by atoms with Gasteiger partial charge in [-0.05, 0) is 12.1 Å². The number of aromatic nitrogens is 3. The lowest BCUT2D eigenvalue weighted by Crippen LogP contribution is -2.17. The van der Waals surface area contributed by atoms with Crippen LogP contribution in [-0.2, 0) is 0 Å². The van der Waals surface area contributed by atoms with Crippen molar-refractivity contribution in [1.82, 2.24) is 15.0 Å². The van der Waals surface area contributed by atoms with Crippen molar-refractivity contribution in [3.05, 3.63) is 36.2 Å². The van der Waals surface area contributed by atoms with Crippen molar-refractivity contribution in [2.45, 2.75) is 6.36 Å². The van der Waals surface area contributed by atoms with Gasteiger partial charge in [0.25, 0.3) is 0 Å². The summed E-state index contributed by atoms with van der Waals surface area (Å²) >= 11 is 0. The molecule has 0 radical (unpaired) electrons. The Hall–Kier alpha value is -2.58. The van der Waals surface area contributed by atoms with Gasteiger partial charge in [0.15, 0.2) is 5.69 Å². The first-order valence-electron chi connectivity index (χ1n) is 4.87. The van der Waals surface area contributed by atoms with E-state index in [0.717, 1.165) is 23.0 Å². The number of benzene rings is 1. The molecule has 0 bridgehead atoms. The van der Waals surface area contributed by atoms with Gasteiger partial charge in [-0.15, -0.1) is 18.3 Å². The van der Waals surface area contributed by atoms with Crippen LogP contribution < -0.4 is 4.74 Å². The number of carboxylic acid groups (broad SMARTS) is 1. The lowest BCUT2D eigenvalue weighted by atomic mass is 10.3. The van der Waals surface area contributed by atoms with Crippen molar-refractivity contribution in [2.24, 2.45) is 0 Å². The maximum atomic E-state index is 12.1. The number of halogens is 3. The Morgan fingerprint density at radius 1 is 1.37 bits per heavy atom. The van der Waals surface area contributed by atoms with E-state index in [1.807, 2.05) is 0 Å². The molecular weight excluding hydrogens is 267 g/mol. The summed E-state index contributed by atoms with van der Waals surface area (Å²) in [4.78, 5) is 10.6. The molecule has 1 heterocycles. The van der Waals surface area contributed by atoms with Gasteiger partial charge in [-0.1, -0.05) is 11.3 Å². The van der Waals surface area contributed by atoms with Crippen LogP contribution in [0.15, 0.2) is 30.5 Å². The van der Waals surface area contributed by atoms with E-state index >= 15 is 0 Å². The molecule has 0 aliphatic carbocycles. The fourth-order valence-electron chi connectivity index (χ4n) is 1.31. The summed E-state index contributed by atoms with van der Waals surface area (Å²) in [6.45, 7) is 0. The third kappa shape index (κ3) is 3.21. The number of nitrogens with zero attached hydrogens (tertiary/aromatic N) is 3. The number of alkyl halides is 3. The SMILES string of the molecule is O=C(O)c1cn(-c2cccc(OC(F)(F)F)c2)nn1. The summed E-state index contributed by atoms with van der Waals surface area (Å²) in [6, 6.07) is 4.93. The zero-order valence-electron chi connectivity index (χ0n) is 9.13. The number of carbonyl (C=O) groups is 1. The molecule has 1 N–H and O–H groups in total. The topological polar surface area (TPSA) is 77.2 Å². The minimum Gasteiger partial charge on any atom is -0.476 e. The molecule has 1 aromatic carbocycles. The summed E-state index contributed by atoms with van der Waals surface area (Å²) in [5.74, 6) is -1.72. The normalized spacial score (nSPS) is 11.3. The van der Waals surface area contributed by atoms with E-state index in [1.54, 1.807) is 0 Å². The van der Waals surface area contributed by atoms with Crippen LogP contribution in [0.2, 0.25) is 0 Å². The van der Waals surface area contributed by atoms with Gasteiger partial charge in [-0.3, -0.25) is 0 Å².